The number of para-hydroxylation sites is 1. The lowest BCUT2D eigenvalue weighted by Gasteiger charge is -2.30. The van der Waals surface area contributed by atoms with Crippen molar-refractivity contribution in [2.24, 2.45) is 0 Å². The van der Waals surface area contributed by atoms with Gasteiger partial charge in [0.15, 0.2) is 0 Å². The standard InChI is InChI=1S/C21H35N3/c1-4-6-8-10-14-18-21(3,17-13-9-7-5-2)24-20-16-12-11-15-19(20)22-23-24/h11-12,15-16H,4-10,13-14,17-18H2,1-3H3. The Labute approximate surface area is 147 Å². The Hall–Kier alpha value is -1.38. The van der Waals surface area contributed by atoms with Crippen molar-refractivity contribution in [3.05, 3.63) is 24.3 Å². The van der Waals surface area contributed by atoms with Gasteiger partial charge in [0.2, 0.25) is 0 Å². The van der Waals surface area contributed by atoms with Gasteiger partial charge in [0.1, 0.15) is 5.52 Å². The summed E-state index contributed by atoms with van der Waals surface area (Å²) in [6.45, 7) is 6.94. The average Bonchev–Trinajstić information content (AvgIpc) is 3.03. The number of rotatable bonds is 12. The molecule has 0 bridgehead atoms. The molecule has 0 fully saturated rings. The van der Waals surface area contributed by atoms with Crippen molar-refractivity contribution < 1.29 is 0 Å². The first-order valence-corrected chi connectivity index (χ1v) is 10.0. The van der Waals surface area contributed by atoms with E-state index < -0.39 is 0 Å². The van der Waals surface area contributed by atoms with Gasteiger partial charge in [-0.25, -0.2) is 4.68 Å². The number of unbranched alkanes of at least 4 members (excludes halogenated alkanes) is 7. The summed E-state index contributed by atoms with van der Waals surface area (Å²) >= 11 is 0. The Morgan fingerprint density at radius 2 is 1.42 bits per heavy atom. The molecule has 1 heterocycles. The highest BCUT2D eigenvalue weighted by molar-refractivity contribution is 5.74. The molecule has 3 nitrogen and oxygen atoms in total. The third kappa shape index (κ3) is 5.06. The molecular weight excluding hydrogens is 294 g/mol. The molecule has 1 aromatic heterocycles. The summed E-state index contributed by atoms with van der Waals surface area (Å²) in [5.41, 5.74) is 2.29. The monoisotopic (exact) mass is 329 g/mol. The van der Waals surface area contributed by atoms with Crippen LogP contribution >= 0.6 is 0 Å². The molecular formula is C21H35N3. The minimum Gasteiger partial charge on any atom is -0.239 e. The van der Waals surface area contributed by atoms with Crippen molar-refractivity contribution in [2.75, 3.05) is 0 Å². The third-order valence-corrected chi connectivity index (χ3v) is 5.25. The van der Waals surface area contributed by atoms with Crippen molar-refractivity contribution in [3.63, 3.8) is 0 Å². The van der Waals surface area contributed by atoms with Gasteiger partial charge in [0.05, 0.1) is 11.1 Å². The van der Waals surface area contributed by atoms with Crippen LogP contribution in [0.1, 0.15) is 91.4 Å². The summed E-state index contributed by atoms with van der Waals surface area (Å²) in [4.78, 5) is 0. The zero-order valence-electron chi connectivity index (χ0n) is 15.9. The Morgan fingerprint density at radius 3 is 2.08 bits per heavy atom. The number of hydrogen-bond donors (Lipinski definition) is 0. The lowest BCUT2D eigenvalue weighted by molar-refractivity contribution is 0.230. The fraction of sp³-hybridized carbons (Fsp3) is 0.714. The molecule has 3 heteroatoms. The normalized spacial score (nSPS) is 14.1. The van der Waals surface area contributed by atoms with Crippen LogP contribution in [0.2, 0.25) is 0 Å². The first kappa shape index (κ1) is 19.0. The second-order valence-corrected chi connectivity index (χ2v) is 7.46. The van der Waals surface area contributed by atoms with E-state index in [4.69, 9.17) is 0 Å². The Kier molecular flexibility index (Phi) is 7.74. The molecule has 0 aliphatic carbocycles. The van der Waals surface area contributed by atoms with E-state index in [-0.39, 0.29) is 5.54 Å². The second-order valence-electron chi connectivity index (χ2n) is 7.46. The lowest BCUT2D eigenvalue weighted by Crippen LogP contribution is -2.31. The van der Waals surface area contributed by atoms with Gasteiger partial charge < -0.3 is 0 Å². The minimum atomic E-state index is 0.0933. The molecule has 0 spiro atoms. The molecule has 2 aromatic rings. The smallest absolute Gasteiger partial charge is 0.113 e. The maximum Gasteiger partial charge on any atom is 0.113 e. The van der Waals surface area contributed by atoms with Crippen LogP contribution in [-0.4, -0.2) is 15.0 Å². The predicted molar refractivity (Wildman–Crippen MR) is 103 cm³/mol. The van der Waals surface area contributed by atoms with Crippen molar-refractivity contribution in [3.8, 4) is 0 Å². The highest BCUT2D eigenvalue weighted by Crippen LogP contribution is 2.32. The van der Waals surface area contributed by atoms with E-state index in [1.54, 1.807) is 0 Å². The molecule has 0 saturated carbocycles. The fourth-order valence-electron chi connectivity index (χ4n) is 3.65. The fourth-order valence-corrected chi connectivity index (χ4v) is 3.65. The molecule has 134 valence electrons. The summed E-state index contributed by atoms with van der Waals surface area (Å²) in [6, 6.07) is 8.37. The molecule has 1 aromatic carbocycles. The van der Waals surface area contributed by atoms with Crippen molar-refractivity contribution in [2.45, 2.75) is 96.9 Å². The molecule has 0 aliphatic rings. The summed E-state index contributed by atoms with van der Waals surface area (Å²) < 4.78 is 2.22. The lowest BCUT2D eigenvalue weighted by atomic mass is 9.88. The van der Waals surface area contributed by atoms with Crippen LogP contribution in [0.3, 0.4) is 0 Å². The van der Waals surface area contributed by atoms with E-state index in [2.05, 4.69) is 54.0 Å². The van der Waals surface area contributed by atoms with Crippen LogP contribution in [0.15, 0.2) is 24.3 Å². The maximum absolute atomic E-state index is 4.55. The average molecular weight is 330 g/mol. The van der Waals surface area contributed by atoms with Crippen LogP contribution in [0.25, 0.3) is 11.0 Å². The van der Waals surface area contributed by atoms with Gasteiger partial charge in [-0.2, -0.15) is 0 Å². The van der Waals surface area contributed by atoms with Gasteiger partial charge in [-0.1, -0.05) is 89.0 Å². The topological polar surface area (TPSA) is 30.7 Å². The van der Waals surface area contributed by atoms with Gasteiger partial charge >= 0.3 is 0 Å². The zero-order chi connectivity index (χ0) is 17.3. The molecule has 0 aliphatic heterocycles. The molecule has 0 saturated heterocycles. The van der Waals surface area contributed by atoms with Gasteiger partial charge in [-0.3, -0.25) is 0 Å². The Bertz CT molecular complexity index is 590. The van der Waals surface area contributed by atoms with E-state index >= 15 is 0 Å². The molecule has 2 rings (SSSR count). The molecule has 0 N–H and O–H groups in total. The van der Waals surface area contributed by atoms with E-state index in [1.807, 2.05) is 6.07 Å². The van der Waals surface area contributed by atoms with E-state index in [0.717, 1.165) is 5.52 Å². The van der Waals surface area contributed by atoms with Crippen LogP contribution in [0, 0.1) is 0 Å². The summed E-state index contributed by atoms with van der Waals surface area (Å²) in [7, 11) is 0. The van der Waals surface area contributed by atoms with Crippen LogP contribution in [-0.2, 0) is 5.54 Å². The quantitative estimate of drug-likeness (QED) is 0.417. The molecule has 0 radical (unpaired) electrons. The van der Waals surface area contributed by atoms with E-state index in [9.17, 15) is 0 Å². The minimum absolute atomic E-state index is 0.0933. The molecule has 0 amide bonds. The third-order valence-electron chi connectivity index (χ3n) is 5.25. The first-order valence-electron chi connectivity index (χ1n) is 10.0. The van der Waals surface area contributed by atoms with Gasteiger partial charge in [0, 0.05) is 0 Å². The SMILES string of the molecule is CCCCCCCC(C)(CCCCCC)n1nnc2ccccc21. The molecule has 24 heavy (non-hydrogen) atoms. The van der Waals surface area contributed by atoms with E-state index in [1.165, 1.54) is 76.1 Å². The van der Waals surface area contributed by atoms with Crippen molar-refractivity contribution in [1.29, 1.82) is 0 Å². The number of benzene rings is 1. The molecule has 1 unspecified atom stereocenters. The first-order chi connectivity index (χ1) is 11.7. The second kappa shape index (κ2) is 9.80. The van der Waals surface area contributed by atoms with Crippen molar-refractivity contribution in [1.82, 2.24) is 15.0 Å². The summed E-state index contributed by atoms with van der Waals surface area (Å²) in [5.74, 6) is 0. The highest BCUT2D eigenvalue weighted by atomic mass is 15.5. The van der Waals surface area contributed by atoms with Crippen LogP contribution in [0.4, 0.5) is 0 Å². The summed E-state index contributed by atoms with van der Waals surface area (Å²) in [6.07, 6.45) is 14.3. The zero-order valence-corrected chi connectivity index (χ0v) is 15.9. The number of hydrogen-bond acceptors (Lipinski definition) is 2. The predicted octanol–water partition coefficient (Wildman–Crippen LogP) is 6.48. The largest absolute Gasteiger partial charge is 0.239 e. The molecule has 1 atom stereocenters. The van der Waals surface area contributed by atoms with Crippen LogP contribution in [0.5, 0.6) is 0 Å². The van der Waals surface area contributed by atoms with Gasteiger partial charge in [-0.05, 0) is 31.9 Å². The van der Waals surface area contributed by atoms with Crippen LogP contribution < -0.4 is 0 Å². The van der Waals surface area contributed by atoms with E-state index in [0.29, 0.717) is 0 Å². The Balaban J connectivity index is 2.08. The Morgan fingerprint density at radius 1 is 0.833 bits per heavy atom. The number of fused-ring (bicyclic) bond motifs is 1. The number of aromatic nitrogens is 3. The number of nitrogens with zero attached hydrogens (tertiary/aromatic N) is 3. The summed E-state index contributed by atoms with van der Waals surface area (Å²) in [5, 5.41) is 8.95. The maximum atomic E-state index is 4.55. The van der Waals surface area contributed by atoms with Crippen molar-refractivity contribution >= 4 is 11.0 Å². The highest BCUT2D eigenvalue weighted by Gasteiger charge is 2.28. The van der Waals surface area contributed by atoms with Gasteiger partial charge in [-0.15, -0.1) is 5.10 Å². The van der Waals surface area contributed by atoms with Gasteiger partial charge in [0.25, 0.3) is 0 Å².